The Hall–Kier alpha value is -1.16. The van der Waals surface area contributed by atoms with Crippen LogP contribution in [-0.4, -0.2) is 48.3 Å². The molecule has 1 aromatic rings. The Kier molecular flexibility index (Phi) is 3.05. The second kappa shape index (κ2) is 4.42. The molecule has 3 rings (SSSR count). The molecule has 1 spiro atoms. The van der Waals surface area contributed by atoms with E-state index in [4.69, 9.17) is 0 Å². The molecule has 0 bridgehead atoms. The van der Waals surface area contributed by atoms with Crippen LogP contribution in [0.5, 0.6) is 0 Å². The zero-order valence-corrected chi connectivity index (χ0v) is 13.3. The molecule has 0 aromatic carbocycles. The normalized spacial score (nSPS) is 22.0. The van der Waals surface area contributed by atoms with Gasteiger partial charge >= 0.3 is 0 Å². The maximum absolute atomic E-state index is 4.41. The molecular formula is C16H26N4. The summed E-state index contributed by atoms with van der Waals surface area (Å²) in [5, 5.41) is 8.80. The lowest BCUT2D eigenvalue weighted by Gasteiger charge is -2.60. The van der Waals surface area contributed by atoms with E-state index in [-0.39, 0.29) is 5.41 Å². The van der Waals surface area contributed by atoms with Crippen LogP contribution in [0.4, 0.5) is 5.82 Å². The lowest BCUT2D eigenvalue weighted by atomic mass is 9.60. The van der Waals surface area contributed by atoms with E-state index in [1.54, 1.807) is 0 Å². The molecule has 0 radical (unpaired) electrons. The average Bonchev–Trinajstić information content (AvgIpc) is 2.24. The van der Waals surface area contributed by atoms with Crippen LogP contribution < -0.4 is 4.90 Å². The number of rotatable bonds is 2. The average molecular weight is 274 g/mol. The van der Waals surface area contributed by atoms with Gasteiger partial charge in [0.15, 0.2) is 5.82 Å². The number of anilines is 1. The van der Waals surface area contributed by atoms with E-state index in [0.29, 0.717) is 5.41 Å². The van der Waals surface area contributed by atoms with Gasteiger partial charge in [-0.2, -0.15) is 5.10 Å². The molecule has 1 saturated carbocycles. The molecule has 0 unspecified atom stereocenters. The standard InChI is InChI=1S/C16H26N4/c1-15(2,3)13-6-7-14(18-17-13)20-10-16(11-20)8-12(9-16)19(4)5/h6-7,12H,8-11H2,1-5H3. The van der Waals surface area contributed by atoms with Crippen molar-refractivity contribution in [1.82, 2.24) is 15.1 Å². The van der Waals surface area contributed by atoms with Crippen LogP contribution in [0.1, 0.15) is 39.3 Å². The van der Waals surface area contributed by atoms with Gasteiger partial charge in [-0.1, -0.05) is 20.8 Å². The van der Waals surface area contributed by atoms with Gasteiger partial charge < -0.3 is 9.80 Å². The van der Waals surface area contributed by atoms with Crippen molar-refractivity contribution in [3.63, 3.8) is 0 Å². The monoisotopic (exact) mass is 274 g/mol. The van der Waals surface area contributed by atoms with Crippen molar-refractivity contribution in [3.05, 3.63) is 17.8 Å². The molecule has 1 aliphatic heterocycles. The van der Waals surface area contributed by atoms with Gasteiger partial charge in [-0.05, 0) is 39.1 Å². The van der Waals surface area contributed by atoms with E-state index >= 15 is 0 Å². The van der Waals surface area contributed by atoms with Crippen LogP contribution in [-0.2, 0) is 5.41 Å². The molecule has 2 aliphatic rings. The SMILES string of the molecule is CN(C)C1CC2(C1)CN(c1ccc(C(C)(C)C)nn1)C2. The summed E-state index contributed by atoms with van der Waals surface area (Å²) in [6.07, 6.45) is 2.67. The van der Waals surface area contributed by atoms with Crippen molar-refractivity contribution in [3.8, 4) is 0 Å². The molecule has 110 valence electrons. The van der Waals surface area contributed by atoms with E-state index in [9.17, 15) is 0 Å². The molecule has 0 N–H and O–H groups in total. The van der Waals surface area contributed by atoms with Crippen molar-refractivity contribution >= 4 is 5.82 Å². The molecule has 0 atom stereocenters. The first kappa shape index (κ1) is 13.8. The summed E-state index contributed by atoms with van der Waals surface area (Å²) in [6, 6.07) is 5.03. The Morgan fingerprint density at radius 2 is 1.80 bits per heavy atom. The van der Waals surface area contributed by atoms with Gasteiger partial charge in [0.25, 0.3) is 0 Å². The van der Waals surface area contributed by atoms with Crippen molar-refractivity contribution < 1.29 is 0 Å². The van der Waals surface area contributed by atoms with E-state index < -0.39 is 0 Å². The summed E-state index contributed by atoms with van der Waals surface area (Å²) in [5.74, 6) is 1.04. The predicted octanol–water partition coefficient (Wildman–Crippen LogP) is 2.30. The van der Waals surface area contributed by atoms with Crippen molar-refractivity contribution in [2.24, 2.45) is 5.41 Å². The van der Waals surface area contributed by atoms with Gasteiger partial charge in [0.2, 0.25) is 0 Å². The van der Waals surface area contributed by atoms with E-state index in [0.717, 1.165) is 30.6 Å². The van der Waals surface area contributed by atoms with Crippen molar-refractivity contribution in [1.29, 1.82) is 0 Å². The van der Waals surface area contributed by atoms with Crippen molar-refractivity contribution in [2.45, 2.75) is 45.1 Å². The van der Waals surface area contributed by atoms with Crippen LogP contribution in [0.15, 0.2) is 12.1 Å². The third-order valence-electron chi connectivity index (χ3n) is 4.86. The highest BCUT2D eigenvalue weighted by atomic mass is 15.3. The molecular weight excluding hydrogens is 248 g/mol. The number of hydrogen-bond acceptors (Lipinski definition) is 4. The zero-order valence-electron chi connectivity index (χ0n) is 13.3. The predicted molar refractivity (Wildman–Crippen MR) is 82.1 cm³/mol. The highest BCUT2D eigenvalue weighted by Gasteiger charge is 2.53. The van der Waals surface area contributed by atoms with Crippen molar-refractivity contribution in [2.75, 3.05) is 32.1 Å². The van der Waals surface area contributed by atoms with Gasteiger partial charge in [-0.3, -0.25) is 0 Å². The van der Waals surface area contributed by atoms with Crippen LogP contribution >= 0.6 is 0 Å². The van der Waals surface area contributed by atoms with Crippen LogP contribution in [0.3, 0.4) is 0 Å². The Bertz CT molecular complexity index is 472. The van der Waals surface area contributed by atoms with Gasteiger partial charge in [-0.25, -0.2) is 0 Å². The fourth-order valence-electron chi connectivity index (χ4n) is 3.38. The molecule has 1 aliphatic carbocycles. The molecule has 1 aromatic heterocycles. The summed E-state index contributed by atoms with van der Waals surface area (Å²) in [4.78, 5) is 4.72. The minimum atomic E-state index is 0.0780. The molecule has 4 nitrogen and oxygen atoms in total. The second-order valence-electron chi connectivity index (χ2n) is 7.91. The quantitative estimate of drug-likeness (QED) is 0.828. The van der Waals surface area contributed by atoms with Crippen LogP contribution in [0, 0.1) is 5.41 Å². The molecule has 2 heterocycles. The Balaban J connectivity index is 1.58. The first-order valence-corrected chi connectivity index (χ1v) is 7.55. The summed E-state index contributed by atoms with van der Waals surface area (Å²) < 4.78 is 0. The largest absolute Gasteiger partial charge is 0.354 e. The second-order valence-corrected chi connectivity index (χ2v) is 7.91. The first-order valence-electron chi connectivity index (χ1n) is 7.55. The van der Waals surface area contributed by atoms with Gasteiger partial charge in [0, 0.05) is 30.0 Å². The highest BCUT2D eigenvalue weighted by molar-refractivity contribution is 5.43. The van der Waals surface area contributed by atoms with Gasteiger partial charge in [0.05, 0.1) is 5.69 Å². The lowest BCUT2D eigenvalue weighted by molar-refractivity contribution is 0.000854. The highest BCUT2D eigenvalue weighted by Crippen LogP contribution is 2.50. The van der Waals surface area contributed by atoms with Gasteiger partial charge in [-0.15, -0.1) is 5.10 Å². The fourth-order valence-corrected chi connectivity index (χ4v) is 3.38. The van der Waals surface area contributed by atoms with Crippen LogP contribution in [0.25, 0.3) is 0 Å². The first-order chi connectivity index (χ1) is 9.29. The van der Waals surface area contributed by atoms with E-state index in [2.05, 4.69) is 67.0 Å². The Labute approximate surface area is 122 Å². The third-order valence-corrected chi connectivity index (χ3v) is 4.86. The molecule has 0 amide bonds. The summed E-state index contributed by atoms with van der Waals surface area (Å²) >= 11 is 0. The van der Waals surface area contributed by atoms with Gasteiger partial charge in [0.1, 0.15) is 0 Å². The van der Waals surface area contributed by atoms with Crippen LogP contribution in [0.2, 0.25) is 0 Å². The summed E-state index contributed by atoms with van der Waals surface area (Å²) in [7, 11) is 4.37. The zero-order chi connectivity index (χ0) is 14.5. The molecule has 1 saturated heterocycles. The molecule has 20 heavy (non-hydrogen) atoms. The minimum absolute atomic E-state index is 0.0780. The third kappa shape index (κ3) is 2.30. The molecule has 4 heteroatoms. The summed E-state index contributed by atoms with van der Waals surface area (Å²) in [6.45, 7) is 8.82. The minimum Gasteiger partial charge on any atom is -0.354 e. The Morgan fingerprint density at radius 1 is 1.15 bits per heavy atom. The number of hydrogen-bond donors (Lipinski definition) is 0. The smallest absolute Gasteiger partial charge is 0.151 e. The number of aromatic nitrogens is 2. The fraction of sp³-hybridized carbons (Fsp3) is 0.750. The maximum Gasteiger partial charge on any atom is 0.151 e. The lowest BCUT2D eigenvalue weighted by Crippen LogP contribution is -2.66. The van der Waals surface area contributed by atoms with E-state index in [1.807, 2.05) is 0 Å². The maximum atomic E-state index is 4.41. The number of nitrogens with zero attached hydrogens (tertiary/aromatic N) is 4. The summed E-state index contributed by atoms with van der Waals surface area (Å²) in [5.41, 5.74) is 1.71. The molecule has 2 fully saturated rings. The van der Waals surface area contributed by atoms with E-state index in [1.165, 1.54) is 12.8 Å². The topological polar surface area (TPSA) is 32.3 Å². The Morgan fingerprint density at radius 3 is 2.25 bits per heavy atom.